The van der Waals surface area contributed by atoms with Gasteiger partial charge in [0, 0.05) is 24.0 Å². The first-order valence-corrected chi connectivity index (χ1v) is 17.2. The van der Waals surface area contributed by atoms with Gasteiger partial charge >= 0.3 is 0 Å². The Morgan fingerprint density at radius 2 is 1.60 bits per heavy atom. The Kier molecular flexibility index (Phi) is 11.4. The lowest BCUT2D eigenvalue weighted by molar-refractivity contribution is -0.140. The molecule has 4 rings (SSSR count). The monoisotopic (exact) mass is 663 g/mol. The molecule has 1 atom stereocenters. The molecule has 11 heteroatoms. The van der Waals surface area contributed by atoms with Gasteiger partial charge in [0.2, 0.25) is 21.8 Å². The Labute approximate surface area is 269 Å². The number of anilines is 1. The zero-order chi connectivity index (χ0) is 31.1. The highest BCUT2D eigenvalue weighted by atomic mass is 35.5. The second-order valence-electron chi connectivity index (χ2n) is 11.0. The zero-order valence-corrected chi connectivity index (χ0v) is 27.3. The van der Waals surface area contributed by atoms with Gasteiger partial charge in [0.15, 0.2) is 0 Å². The lowest BCUT2D eigenvalue weighted by Crippen LogP contribution is -2.55. The lowest BCUT2D eigenvalue weighted by atomic mass is 9.94. The first-order valence-electron chi connectivity index (χ1n) is 14.2. The minimum absolute atomic E-state index is 0.0113. The third kappa shape index (κ3) is 9.11. The van der Waals surface area contributed by atoms with E-state index < -0.39 is 28.5 Å². The van der Waals surface area contributed by atoms with Crippen molar-refractivity contribution in [3.63, 3.8) is 0 Å². The summed E-state index contributed by atoms with van der Waals surface area (Å²) in [5.41, 5.74) is 2.44. The number of aryl methyl sites for hydroxylation is 1. The average molecular weight is 665 g/mol. The largest absolute Gasteiger partial charge is 0.352 e. The van der Waals surface area contributed by atoms with Crippen molar-refractivity contribution in [2.75, 3.05) is 17.1 Å². The van der Waals surface area contributed by atoms with E-state index in [0.29, 0.717) is 31.9 Å². The molecule has 3 aromatic rings. The molecule has 0 aliphatic heterocycles. The van der Waals surface area contributed by atoms with E-state index in [1.807, 2.05) is 30.3 Å². The molecule has 7 nitrogen and oxygen atoms in total. The van der Waals surface area contributed by atoms with Crippen molar-refractivity contribution in [3.05, 3.63) is 98.5 Å². The van der Waals surface area contributed by atoms with Crippen LogP contribution in [0.4, 0.5) is 5.69 Å². The van der Waals surface area contributed by atoms with E-state index in [4.69, 9.17) is 34.8 Å². The van der Waals surface area contributed by atoms with Crippen LogP contribution in [0.25, 0.3) is 0 Å². The molecule has 0 spiro atoms. The summed E-state index contributed by atoms with van der Waals surface area (Å²) in [7, 11) is -3.91. The Balaban J connectivity index is 1.76. The maximum absolute atomic E-state index is 14.3. The van der Waals surface area contributed by atoms with Crippen LogP contribution in [0.1, 0.15) is 48.8 Å². The molecule has 0 radical (unpaired) electrons. The zero-order valence-electron chi connectivity index (χ0n) is 24.2. The van der Waals surface area contributed by atoms with Crippen molar-refractivity contribution >= 4 is 62.3 Å². The number of amides is 2. The minimum Gasteiger partial charge on any atom is -0.352 e. The van der Waals surface area contributed by atoms with Gasteiger partial charge in [-0.2, -0.15) is 0 Å². The van der Waals surface area contributed by atoms with Gasteiger partial charge in [-0.3, -0.25) is 13.9 Å². The van der Waals surface area contributed by atoms with Crippen LogP contribution < -0.4 is 9.62 Å². The Hall–Kier alpha value is -2.78. The molecule has 2 amide bonds. The third-order valence-electron chi connectivity index (χ3n) is 7.68. The van der Waals surface area contributed by atoms with Gasteiger partial charge in [0.25, 0.3) is 0 Å². The molecule has 43 heavy (non-hydrogen) atoms. The molecule has 0 aromatic heterocycles. The molecule has 1 aliphatic rings. The van der Waals surface area contributed by atoms with Crippen LogP contribution in [0.5, 0.6) is 0 Å². The number of rotatable bonds is 11. The van der Waals surface area contributed by atoms with Gasteiger partial charge in [-0.1, -0.05) is 96.5 Å². The molecule has 0 unspecified atom stereocenters. The summed E-state index contributed by atoms with van der Waals surface area (Å²) in [6, 6.07) is 18.4. The Morgan fingerprint density at radius 1 is 0.907 bits per heavy atom. The molecule has 3 aromatic carbocycles. The molecular weight excluding hydrogens is 629 g/mol. The third-order valence-corrected chi connectivity index (χ3v) is 9.78. The number of nitrogens with zero attached hydrogens (tertiary/aromatic N) is 2. The van der Waals surface area contributed by atoms with E-state index >= 15 is 0 Å². The summed E-state index contributed by atoms with van der Waals surface area (Å²) in [4.78, 5) is 29.8. The fourth-order valence-electron chi connectivity index (χ4n) is 5.38. The first-order chi connectivity index (χ1) is 20.4. The second-order valence-corrected chi connectivity index (χ2v) is 14.2. The smallest absolute Gasteiger partial charge is 0.244 e. The predicted molar refractivity (Wildman–Crippen MR) is 174 cm³/mol. The summed E-state index contributed by atoms with van der Waals surface area (Å²) in [6.07, 6.45) is 6.22. The summed E-state index contributed by atoms with van der Waals surface area (Å²) in [6.45, 7) is 1.23. The van der Waals surface area contributed by atoms with Gasteiger partial charge in [-0.25, -0.2) is 8.42 Å². The minimum atomic E-state index is -3.91. The fourth-order valence-corrected chi connectivity index (χ4v) is 6.76. The number of benzene rings is 3. The fraction of sp³-hybridized carbons (Fsp3) is 0.375. The summed E-state index contributed by atoms with van der Waals surface area (Å²) >= 11 is 18.7. The molecular formula is C32H36Cl3N3O4S. The van der Waals surface area contributed by atoms with Gasteiger partial charge in [0.1, 0.15) is 12.6 Å². The highest BCUT2D eigenvalue weighted by molar-refractivity contribution is 7.92. The normalized spacial score (nSPS) is 14.6. The standard InChI is InChI=1S/C32H36Cl3N3O4S/c1-22-13-15-25(33)19-29(22)38(43(2,41)42)21-31(39)37(20-24-14-16-27(34)28(35)17-24)30(18-23-9-5-3-6-10-23)32(40)36-26-11-7-4-8-12-26/h3,5-6,9-10,13-17,19,26,30H,4,7-8,11-12,18,20-21H2,1-2H3,(H,36,40)/t30-/m1/s1. The summed E-state index contributed by atoms with van der Waals surface area (Å²) in [5.74, 6) is -0.829. The number of nitrogens with one attached hydrogen (secondary N) is 1. The molecule has 1 N–H and O–H groups in total. The van der Waals surface area contributed by atoms with E-state index in [9.17, 15) is 18.0 Å². The van der Waals surface area contributed by atoms with Crippen LogP contribution in [0.15, 0.2) is 66.7 Å². The van der Waals surface area contributed by atoms with Crippen molar-refractivity contribution < 1.29 is 18.0 Å². The van der Waals surface area contributed by atoms with Crippen LogP contribution in [-0.4, -0.2) is 50.0 Å². The number of carbonyl (C=O) groups is 2. The van der Waals surface area contributed by atoms with E-state index in [1.54, 1.807) is 37.3 Å². The topological polar surface area (TPSA) is 86.8 Å². The average Bonchev–Trinajstić information content (AvgIpc) is 2.97. The highest BCUT2D eigenvalue weighted by Gasteiger charge is 2.34. The second kappa shape index (κ2) is 14.8. The molecule has 1 aliphatic carbocycles. The maximum Gasteiger partial charge on any atom is 0.244 e. The highest BCUT2D eigenvalue weighted by Crippen LogP contribution is 2.28. The van der Waals surface area contributed by atoms with Crippen LogP contribution in [0.3, 0.4) is 0 Å². The number of sulfonamides is 1. The number of carbonyl (C=O) groups excluding carboxylic acids is 2. The van der Waals surface area contributed by atoms with Gasteiger partial charge in [-0.15, -0.1) is 0 Å². The van der Waals surface area contributed by atoms with Crippen molar-refractivity contribution in [1.29, 1.82) is 0 Å². The van der Waals surface area contributed by atoms with E-state index in [2.05, 4.69) is 5.32 Å². The first kappa shape index (κ1) is 33.1. The van der Waals surface area contributed by atoms with E-state index in [0.717, 1.165) is 48.2 Å². The van der Waals surface area contributed by atoms with Gasteiger partial charge in [0.05, 0.1) is 22.0 Å². The Bertz CT molecular complexity index is 1550. The SMILES string of the molecule is Cc1ccc(Cl)cc1N(CC(=O)N(Cc1ccc(Cl)c(Cl)c1)[C@H](Cc1ccccc1)C(=O)NC1CCCCC1)S(C)(=O)=O. The van der Waals surface area contributed by atoms with E-state index in [-0.39, 0.29) is 24.9 Å². The Morgan fingerprint density at radius 3 is 2.26 bits per heavy atom. The van der Waals surface area contributed by atoms with Crippen LogP contribution in [0.2, 0.25) is 15.1 Å². The quantitative estimate of drug-likeness (QED) is 0.244. The van der Waals surface area contributed by atoms with Crippen molar-refractivity contribution in [2.45, 2.75) is 64.1 Å². The van der Waals surface area contributed by atoms with Crippen molar-refractivity contribution in [2.24, 2.45) is 0 Å². The van der Waals surface area contributed by atoms with Gasteiger partial charge in [-0.05, 0) is 60.7 Å². The number of hydrogen-bond donors (Lipinski definition) is 1. The van der Waals surface area contributed by atoms with Crippen LogP contribution in [-0.2, 0) is 32.6 Å². The summed E-state index contributed by atoms with van der Waals surface area (Å²) in [5, 5.41) is 4.19. The van der Waals surface area contributed by atoms with Crippen molar-refractivity contribution in [3.8, 4) is 0 Å². The molecule has 0 saturated heterocycles. The number of hydrogen-bond acceptors (Lipinski definition) is 4. The van der Waals surface area contributed by atoms with Crippen LogP contribution in [0, 0.1) is 6.92 Å². The predicted octanol–water partition coefficient (Wildman–Crippen LogP) is 6.81. The molecule has 230 valence electrons. The lowest BCUT2D eigenvalue weighted by Gasteiger charge is -2.35. The van der Waals surface area contributed by atoms with E-state index in [1.165, 1.54) is 11.0 Å². The molecule has 1 saturated carbocycles. The van der Waals surface area contributed by atoms with Crippen LogP contribution >= 0.6 is 34.8 Å². The maximum atomic E-state index is 14.3. The molecule has 0 heterocycles. The molecule has 0 bridgehead atoms. The summed E-state index contributed by atoms with van der Waals surface area (Å²) < 4.78 is 27.1. The van der Waals surface area contributed by atoms with Crippen molar-refractivity contribution in [1.82, 2.24) is 10.2 Å². The molecule has 1 fully saturated rings. The van der Waals surface area contributed by atoms with Gasteiger partial charge < -0.3 is 10.2 Å². The number of halogens is 3.